The first-order chi connectivity index (χ1) is 13.1. The number of aromatic nitrogens is 3. The van der Waals surface area contributed by atoms with Crippen molar-refractivity contribution in [2.75, 3.05) is 5.32 Å². The highest BCUT2D eigenvalue weighted by Gasteiger charge is 2.20. The Balaban J connectivity index is 1.77. The van der Waals surface area contributed by atoms with Gasteiger partial charge in [0.25, 0.3) is 5.91 Å². The van der Waals surface area contributed by atoms with Crippen molar-refractivity contribution in [1.29, 1.82) is 0 Å². The fourth-order valence-corrected chi connectivity index (χ4v) is 2.91. The normalized spacial score (nSPS) is 10.7. The first kappa shape index (κ1) is 16.8. The number of anilines is 1. The summed E-state index contributed by atoms with van der Waals surface area (Å²) in [6.07, 6.45) is 5.26. The molecule has 0 spiro atoms. The fraction of sp³-hybridized carbons (Fsp3) is 0.0476. The fourth-order valence-electron chi connectivity index (χ4n) is 2.91. The molecule has 2 aromatic carbocycles. The first-order valence-electron chi connectivity index (χ1n) is 8.47. The number of aryl methyl sites for hydroxylation is 1. The molecule has 4 rings (SSSR count). The number of amides is 1. The summed E-state index contributed by atoms with van der Waals surface area (Å²) in [6, 6.07) is 17.3. The highest BCUT2D eigenvalue weighted by atomic mass is 19.1. The van der Waals surface area contributed by atoms with Crippen molar-refractivity contribution in [2.24, 2.45) is 0 Å². The molecule has 0 atom stereocenters. The van der Waals surface area contributed by atoms with Gasteiger partial charge in [0.15, 0.2) is 5.82 Å². The van der Waals surface area contributed by atoms with E-state index in [0.29, 0.717) is 17.1 Å². The van der Waals surface area contributed by atoms with Crippen LogP contribution in [0.5, 0.6) is 0 Å². The van der Waals surface area contributed by atoms with Crippen LogP contribution in [-0.4, -0.2) is 20.3 Å². The topological polar surface area (TPSA) is 51.9 Å². The van der Waals surface area contributed by atoms with Gasteiger partial charge in [-0.15, -0.1) is 0 Å². The van der Waals surface area contributed by atoms with Gasteiger partial charge in [-0.05, 0) is 61.0 Å². The van der Waals surface area contributed by atoms with E-state index in [1.165, 1.54) is 30.5 Å². The molecule has 0 unspecified atom stereocenters. The second-order valence-electron chi connectivity index (χ2n) is 6.18. The summed E-state index contributed by atoms with van der Waals surface area (Å²) >= 11 is 0. The Morgan fingerprint density at radius 3 is 2.48 bits per heavy atom. The Morgan fingerprint density at radius 1 is 1.04 bits per heavy atom. The van der Waals surface area contributed by atoms with Gasteiger partial charge in [0.1, 0.15) is 11.4 Å². The van der Waals surface area contributed by atoms with Crippen molar-refractivity contribution in [1.82, 2.24) is 14.3 Å². The van der Waals surface area contributed by atoms with E-state index in [4.69, 9.17) is 0 Å². The number of hydrogen-bond acceptors (Lipinski definition) is 2. The number of carbonyl (C=O) groups excluding carboxylic acids is 1. The number of halogens is 1. The number of nitrogens with one attached hydrogen (secondary N) is 1. The highest BCUT2D eigenvalue weighted by molar-refractivity contribution is 6.06. The van der Waals surface area contributed by atoms with Crippen molar-refractivity contribution < 1.29 is 9.18 Å². The lowest BCUT2D eigenvalue weighted by atomic mass is 10.2. The molecule has 0 fully saturated rings. The maximum absolute atomic E-state index is 13.1. The predicted octanol–water partition coefficient (Wildman–Crippen LogP) is 4.36. The zero-order chi connectivity index (χ0) is 18.8. The van der Waals surface area contributed by atoms with Crippen LogP contribution in [0.2, 0.25) is 0 Å². The third-order valence-corrected chi connectivity index (χ3v) is 4.19. The number of hydrogen-bond donors (Lipinski definition) is 1. The van der Waals surface area contributed by atoms with E-state index in [1.807, 2.05) is 60.3 Å². The minimum Gasteiger partial charge on any atom is -0.322 e. The summed E-state index contributed by atoms with van der Waals surface area (Å²) in [5.74, 6) is -0.0391. The average Bonchev–Trinajstić information content (AvgIpc) is 3.32. The monoisotopic (exact) mass is 360 g/mol. The lowest BCUT2D eigenvalue weighted by molar-refractivity contribution is 0.102. The van der Waals surface area contributed by atoms with Crippen LogP contribution in [-0.2, 0) is 0 Å². The number of rotatable bonds is 4. The maximum atomic E-state index is 13.1. The number of benzene rings is 2. The molecule has 0 aliphatic carbocycles. The van der Waals surface area contributed by atoms with Gasteiger partial charge in [0.2, 0.25) is 0 Å². The Kier molecular flexibility index (Phi) is 4.30. The van der Waals surface area contributed by atoms with Crippen molar-refractivity contribution in [3.63, 3.8) is 0 Å². The van der Waals surface area contributed by atoms with Gasteiger partial charge in [-0.3, -0.25) is 4.79 Å². The van der Waals surface area contributed by atoms with Crippen LogP contribution in [0.4, 0.5) is 10.1 Å². The molecule has 0 saturated carbocycles. The van der Waals surface area contributed by atoms with Crippen LogP contribution in [0.3, 0.4) is 0 Å². The molecule has 0 aliphatic heterocycles. The second-order valence-corrected chi connectivity index (χ2v) is 6.18. The van der Waals surface area contributed by atoms with E-state index < -0.39 is 0 Å². The summed E-state index contributed by atoms with van der Waals surface area (Å²) in [5.41, 5.74) is 2.89. The summed E-state index contributed by atoms with van der Waals surface area (Å²) < 4.78 is 16.7. The van der Waals surface area contributed by atoms with E-state index in [0.717, 1.165) is 11.3 Å². The molecule has 0 saturated heterocycles. The lowest BCUT2D eigenvalue weighted by Crippen LogP contribution is -2.15. The molecule has 1 amide bonds. The van der Waals surface area contributed by atoms with Crippen molar-refractivity contribution in [3.8, 4) is 11.5 Å². The molecule has 0 radical (unpaired) electrons. The smallest absolute Gasteiger partial charge is 0.261 e. The molecule has 134 valence electrons. The van der Waals surface area contributed by atoms with E-state index in [1.54, 1.807) is 4.68 Å². The highest BCUT2D eigenvalue weighted by Crippen LogP contribution is 2.22. The summed E-state index contributed by atoms with van der Waals surface area (Å²) in [4.78, 5) is 12.9. The Hall–Kier alpha value is -3.67. The quantitative estimate of drug-likeness (QED) is 0.588. The molecule has 2 heterocycles. The van der Waals surface area contributed by atoms with Gasteiger partial charge in [0.05, 0.1) is 11.9 Å². The molecule has 2 aromatic heterocycles. The van der Waals surface area contributed by atoms with Crippen LogP contribution in [0, 0.1) is 12.7 Å². The SMILES string of the molecule is Cc1cccc(-n2ncc(C(=O)Nc3ccc(F)cc3)c2-n2cccc2)c1. The molecule has 27 heavy (non-hydrogen) atoms. The Morgan fingerprint density at radius 2 is 1.78 bits per heavy atom. The van der Waals surface area contributed by atoms with Crippen molar-refractivity contribution in [2.45, 2.75) is 6.92 Å². The zero-order valence-electron chi connectivity index (χ0n) is 14.6. The Bertz CT molecular complexity index is 1080. The van der Waals surface area contributed by atoms with E-state index >= 15 is 0 Å². The van der Waals surface area contributed by atoms with Crippen LogP contribution >= 0.6 is 0 Å². The molecular formula is C21H17FN4O. The van der Waals surface area contributed by atoms with Crippen LogP contribution in [0.25, 0.3) is 11.5 Å². The third kappa shape index (κ3) is 3.37. The number of carbonyl (C=O) groups is 1. The number of nitrogens with zero attached hydrogens (tertiary/aromatic N) is 3. The molecule has 0 aliphatic rings. The van der Waals surface area contributed by atoms with E-state index in [-0.39, 0.29) is 11.7 Å². The van der Waals surface area contributed by atoms with E-state index in [2.05, 4.69) is 10.4 Å². The third-order valence-electron chi connectivity index (χ3n) is 4.19. The molecule has 0 bridgehead atoms. The van der Waals surface area contributed by atoms with Crippen LogP contribution < -0.4 is 5.32 Å². The lowest BCUT2D eigenvalue weighted by Gasteiger charge is -2.12. The van der Waals surface area contributed by atoms with Crippen molar-refractivity contribution >= 4 is 11.6 Å². The van der Waals surface area contributed by atoms with Gasteiger partial charge in [-0.25, -0.2) is 9.07 Å². The van der Waals surface area contributed by atoms with E-state index in [9.17, 15) is 9.18 Å². The van der Waals surface area contributed by atoms with Crippen LogP contribution in [0.1, 0.15) is 15.9 Å². The standard InChI is InChI=1S/C21H17FN4O/c1-15-5-4-6-18(13-15)26-21(25-11-2-3-12-25)19(14-23-26)20(27)24-17-9-7-16(22)8-10-17/h2-14H,1H3,(H,24,27). The van der Waals surface area contributed by atoms with Gasteiger partial charge >= 0.3 is 0 Å². The zero-order valence-corrected chi connectivity index (χ0v) is 14.6. The second kappa shape index (κ2) is 6.92. The first-order valence-corrected chi connectivity index (χ1v) is 8.47. The molecule has 1 N–H and O–H groups in total. The molecule has 5 nitrogen and oxygen atoms in total. The van der Waals surface area contributed by atoms with Crippen LogP contribution in [0.15, 0.2) is 79.3 Å². The van der Waals surface area contributed by atoms with Gasteiger partial charge in [-0.1, -0.05) is 12.1 Å². The summed E-state index contributed by atoms with van der Waals surface area (Å²) in [6.45, 7) is 2.00. The van der Waals surface area contributed by atoms with Crippen molar-refractivity contribution in [3.05, 3.63) is 96.2 Å². The predicted molar refractivity (Wildman–Crippen MR) is 102 cm³/mol. The molecule has 6 heteroatoms. The largest absolute Gasteiger partial charge is 0.322 e. The van der Waals surface area contributed by atoms with Gasteiger partial charge < -0.3 is 9.88 Å². The molecule has 4 aromatic rings. The Labute approximate surface area is 155 Å². The minimum absolute atomic E-state index is 0.316. The summed E-state index contributed by atoms with van der Waals surface area (Å²) in [5, 5.41) is 7.23. The average molecular weight is 360 g/mol. The minimum atomic E-state index is -0.353. The molecular weight excluding hydrogens is 343 g/mol. The van der Waals surface area contributed by atoms with Gasteiger partial charge in [-0.2, -0.15) is 5.10 Å². The maximum Gasteiger partial charge on any atom is 0.261 e. The van der Waals surface area contributed by atoms with Gasteiger partial charge in [0, 0.05) is 18.1 Å². The summed E-state index contributed by atoms with van der Waals surface area (Å²) in [7, 11) is 0.